The Morgan fingerprint density at radius 3 is 2.68 bits per heavy atom. The number of pyridine rings is 1. The Kier molecular flexibility index (Phi) is 6.05. The van der Waals surface area contributed by atoms with Gasteiger partial charge in [-0.05, 0) is 48.7 Å². The van der Waals surface area contributed by atoms with E-state index >= 15 is 0 Å². The van der Waals surface area contributed by atoms with Crippen LogP contribution in [0, 0.1) is 12.7 Å². The number of hydrogen-bond donors (Lipinski definition) is 2. The van der Waals surface area contributed by atoms with Crippen molar-refractivity contribution in [2.45, 2.75) is 13.3 Å². The number of carbonyl (C=O) groups excluding carboxylic acids is 2. The molecule has 0 aliphatic carbocycles. The molecule has 2 N–H and O–H groups in total. The number of urea groups is 1. The number of nitrogens with one attached hydrogen (secondary N) is 2. The van der Waals surface area contributed by atoms with E-state index in [-0.39, 0.29) is 5.56 Å². The molecule has 1 heterocycles. The van der Waals surface area contributed by atoms with Crippen LogP contribution >= 0.6 is 0 Å². The summed E-state index contributed by atoms with van der Waals surface area (Å²) in [5.41, 5.74) is 2.44. The smallest absolute Gasteiger partial charge is 0.319 e. The van der Waals surface area contributed by atoms with Gasteiger partial charge in [-0.3, -0.25) is 9.78 Å². The van der Waals surface area contributed by atoms with Crippen molar-refractivity contribution in [3.63, 3.8) is 0 Å². The predicted octanol–water partition coefficient (Wildman–Crippen LogP) is 2.60. The van der Waals surface area contributed by atoms with Gasteiger partial charge in [0.05, 0.1) is 5.56 Å². The zero-order chi connectivity index (χ0) is 18.4. The molecule has 0 aliphatic rings. The van der Waals surface area contributed by atoms with Crippen molar-refractivity contribution in [1.82, 2.24) is 15.2 Å². The van der Waals surface area contributed by atoms with Crippen molar-refractivity contribution in [2.24, 2.45) is 0 Å². The minimum Gasteiger partial charge on any atom is -0.345 e. The molecule has 0 radical (unpaired) electrons. The summed E-state index contributed by atoms with van der Waals surface area (Å²) in [4.78, 5) is 29.2. The molecule has 0 spiro atoms. The van der Waals surface area contributed by atoms with Crippen molar-refractivity contribution in [3.05, 3.63) is 59.2 Å². The van der Waals surface area contributed by atoms with Gasteiger partial charge in [0.1, 0.15) is 5.82 Å². The topological polar surface area (TPSA) is 74.3 Å². The molecule has 0 bridgehead atoms. The molecule has 3 amide bonds. The van der Waals surface area contributed by atoms with Crippen LogP contribution in [0.1, 0.15) is 21.5 Å². The van der Waals surface area contributed by atoms with Crippen LogP contribution in [0.2, 0.25) is 0 Å². The van der Waals surface area contributed by atoms with Gasteiger partial charge in [-0.15, -0.1) is 0 Å². The van der Waals surface area contributed by atoms with Gasteiger partial charge in [-0.25, -0.2) is 9.18 Å². The zero-order valence-corrected chi connectivity index (χ0v) is 14.5. The standard InChI is InChI=1S/C18H21FN4O2/c1-12-11-20-8-6-13(12)7-9-21-18(25)22-14-4-5-16(19)15(10-14)17(24)23(2)3/h4-6,8,10-11H,7,9H2,1-3H3,(H2,21,22,25). The Morgan fingerprint density at radius 1 is 1.24 bits per heavy atom. The number of benzene rings is 1. The number of aryl methyl sites for hydroxylation is 1. The van der Waals surface area contributed by atoms with E-state index < -0.39 is 17.8 Å². The fourth-order valence-electron chi connectivity index (χ4n) is 2.28. The minimum absolute atomic E-state index is 0.0878. The molecule has 0 saturated carbocycles. The molecule has 132 valence electrons. The molecular weight excluding hydrogens is 323 g/mol. The van der Waals surface area contributed by atoms with Crippen LogP contribution < -0.4 is 10.6 Å². The molecular formula is C18H21FN4O2. The van der Waals surface area contributed by atoms with E-state index in [0.717, 1.165) is 17.2 Å². The summed E-state index contributed by atoms with van der Waals surface area (Å²) in [6.45, 7) is 2.41. The Labute approximate surface area is 146 Å². The minimum atomic E-state index is -0.627. The number of hydrogen-bond acceptors (Lipinski definition) is 3. The van der Waals surface area contributed by atoms with Crippen molar-refractivity contribution < 1.29 is 14.0 Å². The van der Waals surface area contributed by atoms with Gasteiger partial charge in [0.15, 0.2) is 0 Å². The second kappa shape index (κ2) is 8.23. The highest BCUT2D eigenvalue weighted by atomic mass is 19.1. The lowest BCUT2D eigenvalue weighted by molar-refractivity contribution is 0.0823. The monoisotopic (exact) mass is 344 g/mol. The largest absolute Gasteiger partial charge is 0.345 e. The summed E-state index contributed by atoms with van der Waals surface area (Å²) in [6.07, 6.45) is 4.16. The van der Waals surface area contributed by atoms with Gasteiger partial charge < -0.3 is 15.5 Å². The van der Waals surface area contributed by atoms with Crippen LogP contribution in [0.5, 0.6) is 0 Å². The van der Waals surface area contributed by atoms with Gasteiger partial charge in [0.2, 0.25) is 0 Å². The van der Waals surface area contributed by atoms with Crippen molar-refractivity contribution in [1.29, 1.82) is 0 Å². The number of nitrogens with zero attached hydrogens (tertiary/aromatic N) is 2. The lowest BCUT2D eigenvalue weighted by Gasteiger charge is -2.13. The van der Waals surface area contributed by atoms with E-state index in [4.69, 9.17) is 0 Å². The van der Waals surface area contributed by atoms with Gasteiger partial charge in [-0.1, -0.05) is 0 Å². The SMILES string of the molecule is Cc1cnccc1CCNC(=O)Nc1ccc(F)c(C(=O)N(C)C)c1. The number of halogens is 1. The van der Waals surface area contributed by atoms with Crippen LogP contribution in [0.15, 0.2) is 36.7 Å². The molecule has 25 heavy (non-hydrogen) atoms. The van der Waals surface area contributed by atoms with Crippen LogP contribution in [0.4, 0.5) is 14.9 Å². The summed E-state index contributed by atoms with van der Waals surface area (Å²) >= 11 is 0. The predicted molar refractivity (Wildman–Crippen MR) is 94.1 cm³/mol. The van der Waals surface area contributed by atoms with E-state index in [1.807, 2.05) is 13.0 Å². The highest BCUT2D eigenvalue weighted by Gasteiger charge is 2.15. The van der Waals surface area contributed by atoms with Crippen molar-refractivity contribution >= 4 is 17.6 Å². The Morgan fingerprint density at radius 2 is 2.00 bits per heavy atom. The first-order valence-corrected chi connectivity index (χ1v) is 7.84. The number of amides is 3. The van der Waals surface area contributed by atoms with Gasteiger partial charge >= 0.3 is 6.03 Å². The second-order valence-electron chi connectivity index (χ2n) is 5.83. The quantitative estimate of drug-likeness (QED) is 0.875. The number of carbonyl (C=O) groups is 2. The maximum absolute atomic E-state index is 13.8. The number of aromatic nitrogens is 1. The first-order chi connectivity index (χ1) is 11.9. The molecule has 2 rings (SSSR count). The third-order valence-electron chi connectivity index (χ3n) is 3.68. The van der Waals surface area contributed by atoms with Crippen LogP contribution in [-0.2, 0) is 6.42 Å². The highest BCUT2D eigenvalue weighted by molar-refractivity contribution is 5.96. The maximum Gasteiger partial charge on any atom is 0.319 e. The molecule has 0 atom stereocenters. The average Bonchev–Trinajstić information content (AvgIpc) is 2.57. The van der Waals surface area contributed by atoms with E-state index in [2.05, 4.69) is 15.6 Å². The molecule has 1 aromatic heterocycles. The summed E-state index contributed by atoms with van der Waals surface area (Å²) < 4.78 is 13.8. The summed E-state index contributed by atoms with van der Waals surface area (Å²) in [6, 6.07) is 5.39. The molecule has 1 aromatic carbocycles. The van der Waals surface area contributed by atoms with E-state index in [1.54, 1.807) is 12.4 Å². The fraction of sp³-hybridized carbons (Fsp3) is 0.278. The second-order valence-corrected chi connectivity index (χ2v) is 5.83. The Hall–Kier alpha value is -2.96. The molecule has 0 fully saturated rings. The van der Waals surface area contributed by atoms with Gasteiger partial charge in [-0.2, -0.15) is 0 Å². The maximum atomic E-state index is 13.8. The summed E-state index contributed by atoms with van der Waals surface area (Å²) in [5.74, 6) is -1.09. The van der Waals surface area contributed by atoms with E-state index in [1.165, 1.54) is 31.1 Å². The first kappa shape index (κ1) is 18.4. The average molecular weight is 344 g/mol. The first-order valence-electron chi connectivity index (χ1n) is 7.84. The fourth-order valence-corrected chi connectivity index (χ4v) is 2.28. The number of rotatable bonds is 5. The van der Waals surface area contributed by atoms with Crippen molar-refractivity contribution in [2.75, 3.05) is 26.0 Å². The van der Waals surface area contributed by atoms with E-state index in [0.29, 0.717) is 18.7 Å². The lowest BCUT2D eigenvalue weighted by atomic mass is 10.1. The molecule has 7 heteroatoms. The Bertz CT molecular complexity index is 777. The van der Waals surface area contributed by atoms with Crippen molar-refractivity contribution in [3.8, 4) is 0 Å². The van der Waals surface area contributed by atoms with E-state index in [9.17, 15) is 14.0 Å². The van der Waals surface area contributed by atoms with Gasteiger partial charge in [0.25, 0.3) is 5.91 Å². The van der Waals surface area contributed by atoms with Gasteiger partial charge in [0, 0.05) is 38.7 Å². The zero-order valence-electron chi connectivity index (χ0n) is 14.5. The molecule has 0 aliphatic heterocycles. The third kappa shape index (κ3) is 5.00. The summed E-state index contributed by atoms with van der Waals surface area (Å²) in [7, 11) is 3.07. The van der Waals surface area contributed by atoms with Crippen LogP contribution in [-0.4, -0.2) is 42.5 Å². The molecule has 6 nitrogen and oxygen atoms in total. The number of anilines is 1. The molecule has 0 saturated heterocycles. The highest BCUT2D eigenvalue weighted by Crippen LogP contribution is 2.16. The van der Waals surface area contributed by atoms with Crippen LogP contribution in [0.25, 0.3) is 0 Å². The Balaban J connectivity index is 1.93. The molecule has 2 aromatic rings. The van der Waals surface area contributed by atoms with Crippen LogP contribution in [0.3, 0.4) is 0 Å². The lowest BCUT2D eigenvalue weighted by Crippen LogP contribution is -2.30. The normalized spacial score (nSPS) is 10.2. The molecule has 0 unspecified atom stereocenters. The summed E-state index contributed by atoms with van der Waals surface area (Å²) in [5, 5.41) is 5.34. The third-order valence-corrected chi connectivity index (χ3v) is 3.68.